The van der Waals surface area contributed by atoms with Crippen LogP contribution >= 0.6 is 0 Å². The Morgan fingerprint density at radius 1 is 1.15 bits per heavy atom. The number of cyclic esters (lactones) is 1. The highest BCUT2D eigenvalue weighted by atomic mass is 32.2. The first kappa shape index (κ1) is 31.4. The first-order chi connectivity index (χ1) is 21.9. The molecule has 1 N–H and O–H groups in total. The molecule has 4 aromatic rings. The maximum Gasteiger partial charge on any atom is 0.507 e. The molecule has 0 saturated carbocycles. The summed E-state index contributed by atoms with van der Waals surface area (Å²) in [6.07, 6.45) is -0.963. The van der Waals surface area contributed by atoms with E-state index in [0.717, 1.165) is 22.1 Å². The Morgan fingerprint density at radius 3 is 2.50 bits per heavy atom. The van der Waals surface area contributed by atoms with E-state index < -0.39 is 39.4 Å². The zero-order chi connectivity index (χ0) is 33.0. The Labute approximate surface area is 266 Å². The van der Waals surface area contributed by atoms with Gasteiger partial charge in [-0.3, -0.25) is 4.79 Å². The molecule has 0 radical (unpaired) electrons. The molecule has 2 atom stereocenters. The van der Waals surface area contributed by atoms with Crippen molar-refractivity contribution in [1.29, 1.82) is 0 Å². The lowest BCUT2D eigenvalue weighted by atomic mass is 9.82. The fourth-order valence-corrected chi connectivity index (χ4v) is 8.04. The van der Waals surface area contributed by atoms with E-state index in [1.807, 2.05) is 68.4 Å². The third-order valence-electron chi connectivity index (χ3n) is 8.95. The quantitative estimate of drug-likeness (QED) is 0.224. The number of hydrogen-bond acceptors (Lipinski definition) is 8. The summed E-state index contributed by atoms with van der Waals surface area (Å²) in [6.45, 7) is 5.65. The summed E-state index contributed by atoms with van der Waals surface area (Å²) in [5.41, 5.74) is 1.91. The van der Waals surface area contributed by atoms with E-state index in [1.54, 1.807) is 17.6 Å². The zero-order valence-corrected chi connectivity index (χ0v) is 26.8. The Hall–Kier alpha value is -4.55. The van der Waals surface area contributed by atoms with Gasteiger partial charge < -0.3 is 19.1 Å². The molecular formula is C34H35N3O8S. The molecule has 46 heavy (non-hydrogen) atoms. The minimum atomic E-state index is -3.48. The predicted octanol–water partition coefficient (Wildman–Crippen LogP) is 4.78. The number of sulfonamides is 1. The van der Waals surface area contributed by atoms with Gasteiger partial charge in [-0.25, -0.2) is 23.0 Å². The molecule has 0 spiro atoms. The lowest BCUT2D eigenvalue weighted by Crippen LogP contribution is -2.49. The standard InChI is InChI=1S/C34H35N3O8S/c1-5-34(45-33(40)41)25-18-27-30-24(19-36(27)31(38)29(25)28(44-32(34)39)17-21-11-7-6-8-12-21)22(23-13-9-10-14-26(23)35-30)15-16-37(20(2)3)46(4,42)43/h6-14,18,20,28H,5,15-17,19H2,1-4H3,(H,40,41)/t28-,34?/m0/s1. The van der Waals surface area contributed by atoms with Gasteiger partial charge in [-0.05, 0) is 49.9 Å². The number of carbonyl (C=O) groups is 2. The van der Waals surface area contributed by atoms with Crippen molar-refractivity contribution in [2.75, 3.05) is 12.8 Å². The van der Waals surface area contributed by atoms with Crippen LogP contribution in [0.15, 0.2) is 65.5 Å². The van der Waals surface area contributed by atoms with Gasteiger partial charge in [0.1, 0.15) is 6.10 Å². The summed E-state index contributed by atoms with van der Waals surface area (Å²) < 4.78 is 39.3. The number of fused-ring (bicyclic) bond motifs is 5. The summed E-state index contributed by atoms with van der Waals surface area (Å²) in [7, 11) is -3.48. The summed E-state index contributed by atoms with van der Waals surface area (Å²) in [4.78, 5) is 45.0. The highest BCUT2D eigenvalue weighted by Gasteiger charge is 2.53. The number of rotatable bonds is 9. The van der Waals surface area contributed by atoms with E-state index in [0.29, 0.717) is 23.3 Å². The van der Waals surface area contributed by atoms with E-state index >= 15 is 0 Å². The second kappa shape index (κ2) is 11.7. The second-order valence-electron chi connectivity index (χ2n) is 12.0. The molecule has 0 fully saturated rings. The Kier molecular flexibility index (Phi) is 7.97. The topological polar surface area (TPSA) is 145 Å². The van der Waals surface area contributed by atoms with Crippen molar-refractivity contribution in [3.63, 3.8) is 0 Å². The van der Waals surface area contributed by atoms with E-state index in [-0.39, 0.29) is 43.1 Å². The van der Waals surface area contributed by atoms with Gasteiger partial charge in [0, 0.05) is 35.5 Å². The molecule has 0 aliphatic carbocycles. The largest absolute Gasteiger partial charge is 0.507 e. The summed E-state index contributed by atoms with van der Waals surface area (Å²) in [5, 5.41) is 10.6. The molecule has 2 aromatic heterocycles. The average molecular weight is 646 g/mol. The predicted molar refractivity (Wildman–Crippen MR) is 171 cm³/mol. The van der Waals surface area contributed by atoms with E-state index in [9.17, 15) is 27.9 Å². The normalized spacial score (nSPS) is 18.7. The third kappa shape index (κ3) is 5.25. The van der Waals surface area contributed by atoms with Crippen molar-refractivity contribution in [3.8, 4) is 11.4 Å². The van der Waals surface area contributed by atoms with Gasteiger partial charge >= 0.3 is 12.1 Å². The number of carbonyl (C=O) groups excluding carboxylic acids is 1. The van der Waals surface area contributed by atoms with Crippen molar-refractivity contribution in [1.82, 2.24) is 13.9 Å². The van der Waals surface area contributed by atoms with Gasteiger partial charge in [-0.1, -0.05) is 55.5 Å². The molecule has 0 bridgehead atoms. The summed E-state index contributed by atoms with van der Waals surface area (Å²) >= 11 is 0. The van der Waals surface area contributed by atoms with Crippen LogP contribution in [0.1, 0.15) is 61.1 Å². The van der Waals surface area contributed by atoms with Crippen LogP contribution in [0, 0.1) is 0 Å². The van der Waals surface area contributed by atoms with E-state index in [4.69, 9.17) is 14.5 Å². The van der Waals surface area contributed by atoms with Crippen LogP contribution in [-0.4, -0.2) is 58.3 Å². The van der Waals surface area contributed by atoms with Gasteiger partial charge in [0.05, 0.1) is 35.3 Å². The van der Waals surface area contributed by atoms with Gasteiger partial charge in [-0.2, -0.15) is 4.31 Å². The first-order valence-electron chi connectivity index (χ1n) is 15.2. The molecule has 6 rings (SSSR count). The monoisotopic (exact) mass is 645 g/mol. The van der Waals surface area contributed by atoms with Gasteiger partial charge in [-0.15, -0.1) is 0 Å². The number of hydrogen-bond donors (Lipinski definition) is 1. The van der Waals surface area contributed by atoms with Gasteiger partial charge in [0.15, 0.2) is 0 Å². The maximum absolute atomic E-state index is 14.5. The molecule has 4 heterocycles. The number of esters is 1. The number of ether oxygens (including phenoxy) is 2. The van der Waals surface area contributed by atoms with Crippen LogP contribution in [-0.2, 0) is 49.3 Å². The SMILES string of the molecule is CCC1(OC(=O)O)C(=O)O[C@@H](Cc2ccccc2)c2c1cc1n(c2=O)Cc2c-1nc1ccccc1c2CCN(C(C)C)S(C)(=O)=O. The van der Waals surface area contributed by atoms with Crippen molar-refractivity contribution in [3.05, 3.63) is 98.8 Å². The number of nitrogens with zero attached hydrogens (tertiary/aromatic N) is 3. The maximum atomic E-state index is 14.5. The fraction of sp³-hybridized carbons (Fsp3) is 0.353. The Bertz CT molecular complexity index is 2040. The molecular weight excluding hydrogens is 610 g/mol. The number of para-hydroxylation sites is 1. The lowest BCUT2D eigenvalue weighted by molar-refractivity contribution is -0.180. The second-order valence-corrected chi connectivity index (χ2v) is 14.0. The number of aromatic nitrogens is 2. The van der Waals surface area contributed by atoms with Crippen molar-refractivity contribution in [2.45, 2.75) is 64.3 Å². The van der Waals surface area contributed by atoms with Gasteiger partial charge in [0.2, 0.25) is 15.6 Å². The molecule has 240 valence electrons. The third-order valence-corrected chi connectivity index (χ3v) is 10.4. The van der Waals surface area contributed by atoms with Crippen LogP contribution in [0.5, 0.6) is 0 Å². The molecule has 11 nitrogen and oxygen atoms in total. The molecule has 2 aliphatic rings. The van der Waals surface area contributed by atoms with Crippen molar-refractivity contribution >= 4 is 33.1 Å². The fourth-order valence-electron chi connectivity index (χ4n) is 6.85. The molecule has 1 unspecified atom stereocenters. The van der Waals surface area contributed by atoms with Crippen LogP contribution < -0.4 is 5.56 Å². The average Bonchev–Trinajstić information content (AvgIpc) is 3.37. The number of carboxylic acid groups (broad SMARTS) is 1. The highest BCUT2D eigenvalue weighted by molar-refractivity contribution is 7.88. The molecule has 0 amide bonds. The first-order valence-corrected chi connectivity index (χ1v) is 17.0. The van der Waals surface area contributed by atoms with E-state index in [2.05, 4.69) is 0 Å². The smallest absolute Gasteiger partial charge is 0.454 e. The van der Waals surface area contributed by atoms with E-state index in [1.165, 1.54) is 10.6 Å². The number of benzene rings is 2. The van der Waals surface area contributed by atoms with Crippen LogP contribution in [0.3, 0.4) is 0 Å². The van der Waals surface area contributed by atoms with Crippen LogP contribution in [0.4, 0.5) is 4.79 Å². The minimum Gasteiger partial charge on any atom is -0.454 e. The van der Waals surface area contributed by atoms with Crippen molar-refractivity contribution in [2.24, 2.45) is 0 Å². The molecule has 2 aliphatic heterocycles. The molecule has 2 aromatic carbocycles. The van der Waals surface area contributed by atoms with Crippen LogP contribution in [0.2, 0.25) is 0 Å². The molecule has 0 saturated heterocycles. The van der Waals surface area contributed by atoms with Crippen LogP contribution in [0.25, 0.3) is 22.3 Å². The number of pyridine rings is 2. The molecule has 12 heteroatoms. The lowest BCUT2D eigenvalue weighted by Gasteiger charge is -2.38. The summed E-state index contributed by atoms with van der Waals surface area (Å²) in [5.74, 6) is -0.880. The Morgan fingerprint density at radius 2 is 1.85 bits per heavy atom. The zero-order valence-electron chi connectivity index (χ0n) is 26.0. The summed E-state index contributed by atoms with van der Waals surface area (Å²) in [6, 6.07) is 18.2. The minimum absolute atomic E-state index is 0.0914. The van der Waals surface area contributed by atoms with Crippen molar-refractivity contribution < 1.29 is 32.6 Å². The highest BCUT2D eigenvalue weighted by Crippen LogP contribution is 2.45. The van der Waals surface area contributed by atoms with Gasteiger partial charge in [0.25, 0.3) is 5.56 Å². The Balaban J connectivity index is 1.56.